The molecule has 0 amide bonds. The molecular formula is C7H8LiNaO5S. The monoisotopic (exact) mass is 234 g/mol. The van der Waals surface area contributed by atoms with E-state index in [-0.39, 0.29) is 56.8 Å². The maximum Gasteiger partial charge on any atom is 1.00 e. The van der Waals surface area contributed by atoms with Crippen LogP contribution in [0.15, 0.2) is 30.3 Å². The Kier molecular flexibility index (Phi) is 8.76. The molecule has 1 aromatic carbocycles. The third kappa shape index (κ3) is 7.14. The van der Waals surface area contributed by atoms with Crippen molar-refractivity contribution < 1.29 is 73.2 Å². The smallest absolute Gasteiger partial charge is 1.00 e. The molecular weight excluding hydrogens is 226 g/mol. The third-order valence-electron chi connectivity index (χ3n) is 1.19. The van der Waals surface area contributed by atoms with Crippen LogP contribution in [0.3, 0.4) is 0 Å². The van der Waals surface area contributed by atoms with Crippen molar-refractivity contribution in [2.75, 3.05) is 0 Å². The van der Waals surface area contributed by atoms with Gasteiger partial charge in [-0.15, -0.1) is 0 Å². The van der Waals surface area contributed by atoms with Crippen molar-refractivity contribution in [2.24, 2.45) is 0 Å². The van der Waals surface area contributed by atoms with E-state index in [2.05, 4.69) is 4.18 Å². The van der Waals surface area contributed by atoms with Crippen LogP contribution in [-0.4, -0.2) is 18.9 Å². The van der Waals surface area contributed by atoms with Crippen molar-refractivity contribution in [1.82, 2.24) is 0 Å². The Morgan fingerprint density at radius 3 is 2.13 bits per heavy atom. The minimum atomic E-state index is -4.72. The average Bonchev–Trinajstić information content (AvgIpc) is 2.03. The number of carbonyl (C=O) groups excluding carboxylic acids is 1. The van der Waals surface area contributed by atoms with E-state index in [9.17, 15) is 13.2 Å². The van der Waals surface area contributed by atoms with Crippen LogP contribution < -0.4 is 48.4 Å². The van der Waals surface area contributed by atoms with Gasteiger partial charge in [0.15, 0.2) is 0 Å². The van der Waals surface area contributed by atoms with Crippen molar-refractivity contribution in [3.63, 3.8) is 0 Å². The van der Waals surface area contributed by atoms with Gasteiger partial charge in [-0.1, -0.05) is 18.2 Å². The standard InChI is InChI=1S/C7H6O5S.Li.Na.2H/c8-7(12-13(9,10)11)6-4-2-1-3-5-6;;;;/h1-5H,(H,9,10,11);;;;/q;2*+1;2*-1. The van der Waals surface area contributed by atoms with E-state index in [4.69, 9.17) is 4.55 Å². The summed E-state index contributed by atoms with van der Waals surface area (Å²) in [6.45, 7) is 0. The van der Waals surface area contributed by atoms with Gasteiger partial charge in [-0.2, -0.15) is 8.42 Å². The Hall–Kier alpha value is 0.197. The van der Waals surface area contributed by atoms with Crippen LogP contribution in [0.4, 0.5) is 0 Å². The van der Waals surface area contributed by atoms with Crippen LogP contribution in [0, 0.1) is 0 Å². The molecule has 0 bridgehead atoms. The minimum absolute atomic E-state index is 0. The molecule has 0 aliphatic heterocycles. The van der Waals surface area contributed by atoms with Gasteiger partial charge < -0.3 is 7.04 Å². The predicted octanol–water partition coefficient (Wildman–Crippen LogP) is -5.12. The fourth-order valence-electron chi connectivity index (χ4n) is 0.718. The molecule has 0 unspecified atom stereocenters. The Morgan fingerprint density at radius 2 is 1.73 bits per heavy atom. The summed E-state index contributed by atoms with van der Waals surface area (Å²) in [6, 6.07) is 7.48. The topological polar surface area (TPSA) is 80.7 Å². The molecule has 74 valence electrons. The van der Waals surface area contributed by atoms with Crippen LogP contribution in [-0.2, 0) is 14.6 Å². The summed E-state index contributed by atoms with van der Waals surface area (Å²) in [5.41, 5.74) is 0.0557. The molecule has 0 aliphatic carbocycles. The first-order valence-electron chi connectivity index (χ1n) is 3.25. The average molecular weight is 234 g/mol. The summed E-state index contributed by atoms with van der Waals surface area (Å²) in [7, 11) is -4.72. The summed E-state index contributed by atoms with van der Waals surface area (Å²) in [6.07, 6.45) is 0. The fraction of sp³-hybridized carbons (Fsp3) is 0. The summed E-state index contributed by atoms with van der Waals surface area (Å²) >= 11 is 0. The van der Waals surface area contributed by atoms with Gasteiger partial charge in [0.2, 0.25) is 0 Å². The van der Waals surface area contributed by atoms with Crippen LogP contribution in [0.5, 0.6) is 0 Å². The molecule has 0 atom stereocenters. The summed E-state index contributed by atoms with van der Waals surface area (Å²) < 4.78 is 32.1. The molecule has 1 aromatic rings. The second-order valence-electron chi connectivity index (χ2n) is 2.16. The summed E-state index contributed by atoms with van der Waals surface area (Å²) in [5.74, 6) is -1.11. The maximum atomic E-state index is 10.9. The van der Waals surface area contributed by atoms with Crippen LogP contribution >= 0.6 is 0 Å². The van der Waals surface area contributed by atoms with Crippen molar-refractivity contribution in [3.8, 4) is 0 Å². The Balaban J connectivity index is -0.000000211. The number of carbonyl (C=O) groups is 1. The molecule has 0 radical (unpaired) electrons. The Bertz CT molecular complexity index is 414. The first kappa shape index (κ1) is 17.6. The largest absolute Gasteiger partial charge is 1.00 e. The van der Waals surface area contributed by atoms with Gasteiger partial charge in [0.1, 0.15) is 0 Å². The van der Waals surface area contributed by atoms with Crippen LogP contribution in [0.1, 0.15) is 13.2 Å². The second kappa shape index (κ2) is 7.47. The number of rotatable bonds is 2. The molecule has 1 rings (SSSR count). The van der Waals surface area contributed by atoms with Crippen molar-refractivity contribution in [2.45, 2.75) is 0 Å². The normalized spacial score (nSPS) is 9.40. The number of hydrogen-bond acceptors (Lipinski definition) is 4. The zero-order valence-electron chi connectivity index (χ0n) is 10.4. The molecule has 0 aliphatic rings. The Morgan fingerprint density at radius 1 is 1.27 bits per heavy atom. The molecule has 0 heterocycles. The van der Waals surface area contributed by atoms with Crippen LogP contribution in [0.2, 0.25) is 0 Å². The Labute approximate surface area is 125 Å². The molecule has 0 spiro atoms. The fourth-order valence-corrected chi connectivity index (χ4v) is 1.01. The number of benzene rings is 1. The number of hydrogen-bond donors (Lipinski definition) is 1. The van der Waals surface area contributed by atoms with Crippen molar-refractivity contribution >= 4 is 16.4 Å². The van der Waals surface area contributed by atoms with Gasteiger partial charge in [-0.25, -0.2) is 4.79 Å². The molecule has 0 saturated heterocycles. The van der Waals surface area contributed by atoms with Gasteiger partial charge >= 0.3 is 64.8 Å². The molecule has 5 nitrogen and oxygen atoms in total. The van der Waals surface area contributed by atoms with E-state index in [1.165, 1.54) is 12.1 Å². The zero-order valence-corrected chi connectivity index (χ0v) is 11.2. The first-order chi connectivity index (χ1) is 5.99. The van der Waals surface area contributed by atoms with Crippen LogP contribution in [0.25, 0.3) is 0 Å². The van der Waals surface area contributed by atoms with Gasteiger partial charge in [0.25, 0.3) is 0 Å². The van der Waals surface area contributed by atoms with E-state index in [1.807, 2.05) is 0 Å². The minimum Gasteiger partial charge on any atom is -1.00 e. The summed E-state index contributed by atoms with van der Waals surface area (Å²) in [5, 5.41) is 0. The molecule has 0 saturated carbocycles. The van der Waals surface area contributed by atoms with Crippen molar-refractivity contribution in [1.29, 1.82) is 0 Å². The van der Waals surface area contributed by atoms with Gasteiger partial charge in [-0.3, -0.25) is 4.55 Å². The maximum absolute atomic E-state index is 10.9. The van der Waals surface area contributed by atoms with Crippen molar-refractivity contribution in [3.05, 3.63) is 35.9 Å². The van der Waals surface area contributed by atoms with E-state index in [0.717, 1.165) is 0 Å². The first-order valence-corrected chi connectivity index (χ1v) is 4.62. The molecule has 1 N–H and O–H groups in total. The molecule has 8 heteroatoms. The molecule has 15 heavy (non-hydrogen) atoms. The molecule has 0 aromatic heterocycles. The van der Waals surface area contributed by atoms with E-state index < -0.39 is 16.4 Å². The third-order valence-corrected chi connectivity index (χ3v) is 1.55. The summed E-state index contributed by atoms with van der Waals surface area (Å²) in [4.78, 5) is 10.9. The van der Waals surface area contributed by atoms with Gasteiger partial charge in [0, 0.05) is 0 Å². The second-order valence-corrected chi connectivity index (χ2v) is 3.19. The SMILES string of the molecule is O=C(OS(=O)(=O)O)c1ccccc1.[H-].[H-].[Li+].[Na+]. The van der Waals surface area contributed by atoms with E-state index >= 15 is 0 Å². The van der Waals surface area contributed by atoms with Gasteiger partial charge in [0.05, 0.1) is 5.56 Å². The van der Waals surface area contributed by atoms with E-state index in [1.54, 1.807) is 18.2 Å². The van der Waals surface area contributed by atoms with Gasteiger partial charge in [-0.05, 0) is 12.1 Å². The van der Waals surface area contributed by atoms with E-state index in [0.29, 0.717) is 0 Å². The zero-order chi connectivity index (χ0) is 9.90. The predicted molar refractivity (Wildman–Crippen MR) is 45.6 cm³/mol. The quantitative estimate of drug-likeness (QED) is 0.409. The molecule has 0 fully saturated rings.